The van der Waals surface area contributed by atoms with Gasteiger partial charge in [0.05, 0.1) is 5.69 Å². The Labute approximate surface area is 197 Å². The number of carbonyl (C=O) groups is 1. The fraction of sp³-hybridized carbons (Fsp3) is 0.500. The minimum atomic E-state index is 0. The van der Waals surface area contributed by atoms with E-state index in [0.29, 0.717) is 5.56 Å². The van der Waals surface area contributed by atoms with Gasteiger partial charge in [0, 0.05) is 52.0 Å². The number of aryl methyl sites for hydroxylation is 2. The summed E-state index contributed by atoms with van der Waals surface area (Å²) >= 11 is 0. The van der Waals surface area contributed by atoms with E-state index in [4.69, 9.17) is 0 Å². The maximum absolute atomic E-state index is 12.1. The van der Waals surface area contributed by atoms with Gasteiger partial charge in [-0.3, -0.25) is 14.5 Å². The monoisotopic (exact) mass is 526 g/mol. The molecule has 0 saturated heterocycles. The highest BCUT2D eigenvalue weighted by atomic mass is 127. The number of aliphatic imine (C=N–C) groups is 1. The summed E-state index contributed by atoms with van der Waals surface area (Å²) in [5.41, 5.74) is 5.39. The van der Waals surface area contributed by atoms with Gasteiger partial charge in [-0.25, -0.2) is 0 Å². The molecule has 0 fully saturated rings. The SMILES string of the molecule is CN=C(NCCc1cccc(C(=O)N(C)C)c1)NC(C)Cc1c(C)nn(C)c1C.I. The van der Waals surface area contributed by atoms with E-state index >= 15 is 0 Å². The van der Waals surface area contributed by atoms with E-state index in [9.17, 15) is 4.79 Å². The molecular formula is C22H35IN6O. The molecule has 0 spiro atoms. The molecule has 0 radical (unpaired) electrons. The maximum Gasteiger partial charge on any atom is 0.253 e. The van der Waals surface area contributed by atoms with Crippen molar-refractivity contribution >= 4 is 35.8 Å². The van der Waals surface area contributed by atoms with E-state index in [1.807, 2.05) is 36.0 Å². The Kier molecular flexibility index (Phi) is 10.3. The first-order chi connectivity index (χ1) is 13.7. The molecule has 0 aliphatic heterocycles. The molecule has 30 heavy (non-hydrogen) atoms. The van der Waals surface area contributed by atoms with Crippen LogP contribution in [0.5, 0.6) is 0 Å². The standard InChI is InChI=1S/C22H34N6O.HI/c1-15(13-20-16(2)26-28(7)17(20)3)25-22(23-4)24-12-11-18-9-8-10-19(14-18)21(29)27(5)6;/h8-10,14-15H,11-13H2,1-7H3,(H2,23,24,25);1H. The zero-order chi connectivity index (χ0) is 21.6. The Balaban J connectivity index is 0.00000450. The van der Waals surface area contributed by atoms with Crippen molar-refractivity contribution in [3.8, 4) is 0 Å². The van der Waals surface area contributed by atoms with Gasteiger partial charge in [-0.05, 0) is 56.9 Å². The molecule has 2 N–H and O–H groups in total. The van der Waals surface area contributed by atoms with E-state index < -0.39 is 0 Å². The molecule has 0 saturated carbocycles. The second-order valence-electron chi connectivity index (χ2n) is 7.67. The molecule has 0 aliphatic rings. The van der Waals surface area contributed by atoms with Gasteiger partial charge >= 0.3 is 0 Å². The van der Waals surface area contributed by atoms with Crippen molar-refractivity contribution in [2.45, 2.75) is 39.7 Å². The Morgan fingerprint density at radius 2 is 2.00 bits per heavy atom. The second kappa shape index (κ2) is 11.9. The quantitative estimate of drug-likeness (QED) is 0.331. The van der Waals surface area contributed by atoms with Crippen molar-refractivity contribution < 1.29 is 4.79 Å². The molecule has 2 aromatic rings. The average Bonchev–Trinajstić information content (AvgIpc) is 2.92. The van der Waals surface area contributed by atoms with Gasteiger partial charge in [0.15, 0.2) is 5.96 Å². The van der Waals surface area contributed by atoms with Crippen LogP contribution in [0, 0.1) is 13.8 Å². The summed E-state index contributed by atoms with van der Waals surface area (Å²) in [6, 6.07) is 8.00. The van der Waals surface area contributed by atoms with E-state index in [-0.39, 0.29) is 35.9 Å². The van der Waals surface area contributed by atoms with Crippen LogP contribution in [-0.4, -0.2) is 60.3 Å². The highest BCUT2D eigenvalue weighted by Gasteiger charge is 2.14. The largest absolute Gasteiger partial charge is 0.356 e. The van der Waals surface area contributed by atoms with Crippen LogP contribution in [0.3, 0.4) is 0 Å². The van der Waals surface area contributed by atoms with Crippen molar-refractivity contribution in [3.05, 3.63) is 52.3 Å². The summed E-state index contributed by atoms with van der Waals surface area (Å²) in [5.74, 6) is 0.796. The fourth-order valence-corrected chi connectivity index (χ4v) is 3.34. The molecule has 1 aromatic carbocycles. The molecule has 1 heterocycles. The molecule has 0 aliphatic carbocycles. The molecule has 7 nitrogen and oxygen atoms in total. The maximum atomic E-state index is 12.1. The van der Waals surface area contributed by atoms with Crippen LogP contribution in [-0.2, 0) is 19.9 Å². The number of aromatic nitrogens is 2. The lowest BCUT2D eigenvalue weighted by atomic mass is 10.1. The van der Waals surface area contributed by atoms with Gasteiger partial charge in [0.1, 0.15) is 0 Å². The smallest absolute Gasteiger partial charge is 0.253 e. The van der Waals surface area contributed by atoms with Crippen LogP contribution in [0.15, 0.2) is 29.3 Å². The minimum Gasteiger partial charge on any atom is -0.356 e. The number of benzene rings is 1. The van der Waals surface area contributed by atoms with Crippen LogP contribution in [0.25, 0.3) is 0 Å². The summed E-state index contributed by atoms with van der Waals surface area (Å²) in [7, 11) is 7.29. The molecule has 166 valence electrons. The van der Waals surface area contributed by atoms with Gasteiger partial charge in [0.25, 0.3) is 5.91 Å². The van der Waals surface area contributed by atoms with Crippen LogP contribution < -0.4 is 10.6 Å². The van der Waals surface area contributed by atoms with Gasteiger partial charge in [-0.15, -0.1) is 24.0 Å². The number of hydrogen-bond donors (Lipinski definition) is 2. The van der Waals surface area contributed by atoms with Crippen LogP contribution >= 0.6 is 24.0 Å². The third kappa shape index (κ3) is 7.00. The predicted octanol–water partition coefficient (Wildman–Crippen LogP) is 2.70. The molecule has 0 bridgehead atoms. The summed E-state index contributed by atoms with van der Waals surface area (Å²) in [6.07, 6.45) is 1.70. The molecule has 1 amide bonds. The fourth-order valence-electron chi connectivity index (χ4n) is 3.34. The summed E-state index contributed by atoms with van der Waals surface area (Å²) in [6.45, 7) is 7.04. The number of guanidine groups is 1. The van der Waals surface area contributed by atoms with Crippen molar-refractivity contribution in [1.82, 2.24) is 25.3 Å². The first kappa shape index (κ1) is 25.9. The average molecular weight is 526 g/mol. The summed E-state index contributed by atoms with van der Waals surface area (Å²) in [4.78, 5) is 18.0. The molecule has 2 rings (SSSR count). The van der Waals surface area contributed by atoms with Crippen molar-refractivity contribution in [2.24, 2.45) is 12.0 Å². The Bertz CT molecular complexity index is 875. The molecule has 1 atom stereocenters. The zero-order valence-electron chi connectivity index (χ0n) is 19.1. The zero-order valence-corrected chi connectivity index (χ0v) is 21.4. The Morgan fingerprint density at radius 3 is 2.57 bits per heavy atom. The number of amides is 1. The lowest BCUT2D eigenvalue weighted by Gasteiger charge is -2.18. The number of hydrogen-bond acceptors (Lipinski definition) is 3. The van der Waals surface area contributed by atoms with Crippen LogP contribution in [0.4, 0.5) is 0 Å². The van der Waals surface area contributed by atoms with Crippen molar-refractivity contribution in [2.75, 3.05) is 27.7 Å². The summed E-state index contributed by atoms with van der Waals surface area (Å²) < 4.78 is 1.93. The van der Waals surface area contributed by atoms with Gasteiger partial charge < -0.3 is 15.5 Å². The normalized spacial score (nSPS) is 12.2. The molecule has 1 unspecified atom stereocenters. The third-order valence-corrected chi connectivity index (χ3v) is 5.06. The molecular weight excluding hydrogens is 491 g/mol. The van der Waals surface area contributed by atoms with Gasteiger partial charge in [-0.1, -0.05) is 12.1 Å². The number of rotatable bonds is 7. The lowest BCUT2D eigenvalue weighted by Crippen LogP contribution is -2.43. The third-order valence-electron chi connectivity index (χ3n) is 5.06. The number of carbonyl (C=O) groups excluding carboxylic acids is 1. The van der Waals surface area contributed by atoms with Gasteiger partial charge in [-0.2, -0.15) is 5.10 Å². The highest BCUT2D eigenvalue weighted by Crippen LogP contribution is 2.14. The predicted molar refractivity (Wildman–Crippen MR) is 134 cm³/mol. The van der Waals surface area contributed by atoms with Crippen molar-refractivity contribution in [3.63, 3.8) is 0 Å². The highest BCUT2D eigenvalue weighted by molar-refractivity contribution is 14.0. The first-order valence-electron chi connectivity index (χ1n) is 9.99. The van der Waals surface area contributed by atoms with E-state index in [1.165, 1.54) is 11.3 Å². The summed E-state index contributed by atoms with van der Waals surface area (Å²) in [5, 5.41) is 11.3. The van der Waals surface area contributed by atoms with E-state index in [0.717, 1.165) is 36.6 Å². The first-order valence-corrected chi connectivity index (χ1v) is 9.99. The Hall–Kier alpha value is -2.10. The van der Waals surface area contributed by atoms with Crippen molar-refractivity contribution in [1.29, 1.82) is 0 Å². The number of nitrogens with zero attached hydrogens (tertiary/aromatic N) is 4. The Morgan fingerprint density at radius 1 is 1.30 bits per heavy atom. The van der Waals surface area contributed by atoms with Crippen LogP contribution in [0.1, 0.15) is 39.8 Å². The molecule has 1 aromatic heterocycles. The minimum absolute atomic E-state index is 0. The van der Waals surface area contributed by atoms with Crippen LogP contribution in [0.2, 0.25) is 0 Å². The molecule has 8 heteroatoms. The topological polar surface area (TPSA) is 74.6 Å². The number of nitrogens with one attached hydrogen (secondary N) is 2. The second-order valence-corrected chi connectivity index (χ2v) is 7.67. The van der Waals surface area contributed by atoms with E-state index in [2.05, 4.69) is 41.5 Å². The van der Waals surface area contributed by atoms with E-state index in [1.54, 1.807) is 26.0 Å². The number of halogens is 1. The lowest BCUT2D eigenvalue weighted by molar-refractivity contribution is 0.0827. The van der Waals surface area contributed by atoms with Gasteiger partial charge in [0.2, 0.25) is 0 Å².